The lowest BCUT2D eigenvalue weighted by Gasteiger charge is -2.46. The molecule has 7 rings (SSSR count). The second-order valence-electron chi connectivity index (χ2n) is 12.6. The van der Waals surface area contributed by atoms with E-state index in [1.54, 1.807) is 11.0 Å². The summed E-state index contributed by atoms with van der Waals surface area (Å²) in [7, 11) is -3.28. The molecule has 4 aliphatic heterocycles. The number of nitrogens with zero attached hydrogens (tertiary/aromatic N) is 6. The van der Waals surface area contributed by atoms with E-state index in [0.29, 0.717) is 42.6 Å². The number of rotatable bonds is 7. The number of hydrogen-bond acceptors (Lipinski definition) is 10. The molecule has 256 valence electrons. The van der Waals surface area contributed by atoms with Gasteiger partial charge in [-0.2, -0.15) is 9.57 Å². The molecule has 2 aromatic carbocycles. The van der Waals surface area contributed by atoms with Gasteiger partial charge in [0.25, 0.3) is 15.9 Å². The lowest BCUT2D eigenvalue weighted by molar-refractivity contribution is -0.121. The lowest BCUT2D eigenvalue weighted by Crippen LogP contribution is -2.61. The molecule has 3 saturated heterocycles. The van der Waals surface area contributed by atoms with Crippen LogP contribution in [0, 0.1) is 17.1 Å². The van der Waals surface area contributed by atoms with Crippen molar-refractivity contribution in [1.82, 2.24) is 25.0 Å². The highest BCUT2D eigenvalue weighted by molar-refractivity contribution is 7.93. The number of hydrogen-bond donors (Lipinski definition) is 1. The number of carbonyl (C=O) groups is 2. The number of piperidine rings is 1. The largest absolute Gasteiger partial charge is 0.481 e. The standard InChI is InChI=1S/C34H36FN7O6S/c1-47-31-28(3-2-12-37-31)34(38-33(44)41-17-15-40(16-18-41)25-10-13-39(14-11-25)26-21-48-22-26)29-19-23(20-36)4-9-30(29)42(32(34)43)49(45,46)27-7-5-24(35)6-8-27/h2-9,12,19,25-26H,10-11,13-18,21-22H2,1H3,(H,38,44)/t34-/m1/s1. The van der Waals surface area contributed by atoms with Crippen molar-refractivity contribution in [2.75, 3.05) is 63.9 Å². The minimum absolute atomic E-state index is 0.0184. The van der Waals surface area contributed by atoms with Crippen molar-refractivity contribution >= 4 is 27.6 Å². The summed E-state index contributed by atoms with van der Waals surface area (Å²) < 4.78 is 53.6. The molecule has 0 unspecified atom stereocenters. The third kappa shape index (κ3) is 5.68. The van der Waals surface area contributed by atoms with Crippen LogP contribution < -0.4 is 14.4 Å². The van der Waals surface area contributed by atoms with Crippen LogP contribution in [0.15, 0.2) is 65.7 Å². The lowest BCUT2D eigenvalue weighted by atomic mass is 9.83. The molecule has 15 heteroatoms. The van der Waals surface area contributed by atoms with Gasteiger partial charge in [0, 0.05) is 57.1 Å². The first-order valence-corrected chi connectivity index (χ1v) is 17.6. The Morgan fingerprint density at radius 2 is 1.69 bits per heavy atom. The number of sulfonamides is 1. The number of fused-ring (bicyclic) bond motifs is 1. The van der Waals surface area contributed by atoms with Gasteiger partial charge >= 0.3 is 6.03 Å². The molecule has 1 N–H and O–H groups in total. The molecule has 13 nitrogen and oxygen atoms in total. The number of pyridine rings is 1. The molecule has 0 saturated carbocycles. The molecule has 4 aliphatic rings. The minimum atomic E-state index is -4.63. The van der Waals surface area contributed by atoms with Crippen LogP contribution in [0.25, 0.3) is 0 Å². The summed E-state index contributed by atoms with van der Waals surface area (Å²) >= 11 is 0. The van der Waals surface area contributed by atoms with Crippen molar-refractivity contribution in [3.63, 3.8) is 0 Å². The van der Waals surface area contributed by atoms with E-state index in [-0.39, 0.29) is 33.2 Å². The van der Waals surface area contributed by atoms with Crippen molar-refractivity contribution in [3.8, 4) is 11.9 Å². The number of nitriles is 1. The molecule has 0 aliphatic carbocycles. The van der Waals surface area contributed by atoms with Crippen LogP contribution in [0.3, 0.4) is 0 Å². The maximum atomic E-state index is 14.9. The van der Waals surface area contributed by atoms with Gasteiger partial charge in [0.1, 0.15) is 5.82 Å². The zero-order valence-electron chi connectivity index (χ0n) is 26.9. The summed E-state index contributed by atoms with van der Waals surface area (Å²) in [6.45, 7) is 5.68. The predicted octanol–water partition coefficient (Wildman–Crippen LogP) is 2.27. The summed E-state index contributed by atoms with van der Waals surface area (Å²) in [5.74, 6) is -1.69. The first-order chi connectivity index (χ1) is 23.7. The predicted molar refractivity (Wildman–Crippen MR) is 175 cm³/mol. The van der Waals surface area contributed by atoms with Crippen molar-refractivity contribution in [1.29, 1.82) is 5.26 Å². The number of carbonyl (C=O) groups excluding carboxylic acids is 2. The fourth-order valence-electron chi connectivity index (χ4n) is 7.28. The van der Waals surface area contributed by atoms with Crippen LogP contribution in [-0.4, -0.2) is 112 Å². The smallest absolute Gasteiger partial charge is 0.318 e. The highest BCUT2D eigenvalue weighted by atomic mass is 32.2. The van der Waals surface area contributed by atoms with Gasteiger partial charge in [-0.15, -0.1) is 0 Å². The third-order valence-electron chi connectivity index (χ3n) is 10.0. The van der Waals surface area contributed by atoms with Gasteiger partial charge in [0.2, 0.25) is 5.88 Å². The first-order valence-electron chi connectivity index (χ1n) is 16.2. The first kappa shape index (κ1) is 32.9. The minimum Gasteiger partial charge on any atom is -0.481 e. The Morgan fingerprint density at radius 1 is 1.00 bits per heavy atom. The number of piperazine rings is 1. The van der Waals surface area contributed by atoms with Crippen LogP contribution in [0.1, 0.15) is 29.5 Å². The fraction of sp³-hybridized carbons (Fsp3) is 0.412. The number of methoxy groups -OCH3 is 1. The van der Waals surface area contributed by atoms with E-state index in [4.69, 9.17) is 9.47 Å². The second-order valence-corrected chi connectivity index (χ2v) is 14.4. The van der Waals surface area contributed by atoms with E-state index in [0.717, 1.165) is 63.4 Å². The molecule has 1 atom stereocenters. The van der Waals surface area contributed by atoms with Crippen LogP contribution >= 0.6 is 0 Å². The maximum Gasteiger partial charge on any atom is 0.318 e. The van der Waals surface area contributed by atoms with E-state index in [9.17, 15) is 27.7 Å². The second kappa shape index (κ2) is 13.0. The molecular formula is C34H36FN7O6S. The van der Waals surface area contributed by atoms with E-state index >= 15 is 0 Å². The number of halogens is 1. The zero-order chi connectivity index (χ0) is 34.3. The average Bonchev–Trinajstić information content (AvgIpc) is 3.35. The summed E-state index contributed by atoms with van der Waals surface area (Å²) in [5.41, 5.74) is -1.93. The fourth-order valence-corrected chi connectivity index (χ4v) is 8.74. The van der Waals surface area contributed by atoms with Crippen LogP contribution in [-0.2, 0) is 25.1 Å². The Bertz CT molecular complexity index is 1900. The van der Waals surface area contributed by atoms with Crippen LogP contribution in [0.4, 0.5) is 14.9 Å². The molecule has 0 bridgehead atoms. The summed E-state index contributed by atoms with van der Waals surface area (Å²) in [4.78, 5) is 39.5. The quantitative estimate of drug-likeness (QED) is 0.392. The number of likely N-dealkylation sites (tertiary alicyclic amines) is 1. The Kier molecular flexibility index (Phi) is 8.74. The third-order valence-corrected chi connectivity index (χ3v) is 11.7. The van der Waals surface area contributed by atoms with Gasteiger partial charge in [-0.3, -0.25) is 14.6 Å². The van der Waals surface area contributed by atoms with Gasteiger partial charge in [-0.05, 0) is 67.4 Å². The molecule has 5 heterocycles. The van der Waals surface area contributed by atoms with Crippen molar-refractivity contribution in [2.24, 2.45) is 0 Å². The number of ether oxygens (including phenoxy) is 2. The highest BCUT2D eigenvalue weighted by Gasteiger charge is 2.59. The van der Waals surface area contributed by atoms with E-state index in [2.05, 4.69) is 20.1 Å². The number of anilines is 1. The molecule has 0 radical (unpaired) electrons. The topological polar surface area (TPSA) is 148 Å². The van der Waals surface area contributed by atoms with E-state index in [1.807, 2.05) is 6.07 Å². The number of benzene rings is 2. The number of aromatic nitrogens is 1. The Labute approximate surface area is 283 Å². The summed E-state index contributed by atoms with van der Waals surface area (Å²) in [6, 6.07) is 13.7. The summed E-state index contributed by atoms with van der Waals surface area (Å²) in [6.07, 6.45) is 3.52. The van der Waals surface area contributed by atoms with Gasteiger partial charge < -0.3 is 19.7 Å². The zero-order valence-corrected chi connectivity index (χ0v) is 27.7. The molecular weight excluding hydrogens is 653 g/mol. The van der Waals surface area contributed by atoms with E-state index < -0.39 is 33.3 Å². The summed E-state index contributed by atoms with van der Waals surface area (Å²) in [5, 5.41) is 12.7. The molecule has 1 aromatic heterocycles. The highest BCUT2D eigenvalue weighted by Crippen LogP contribution is 2.49. The molecule has 3 fully saturated rings. The number of amides is 3. The van der Waals surface area contributed by atoms with Crippen LogP contribution in [0.2, 0.25) is 0 Å². The number of nitrogens with one attached hydrogen (secondary N) is 1. The van der Waals surface area contributed by atoms with Crippen molar-refractivity contribution < 1.29 is 31.9 Å². The monoisotopic (exact) mass is 689 g/mol. The van der Waals surface area contributed by atoms with Gasteiger partial charge in [0.05, 0.1) is 54.1 Å². The maximum absolute atomic E-state index is 14.9. The normalized spacial score (nSPS) is 22.3. The molecule has 3 aromatic rings. The molecule has 0 spiro atoms. The van der Waals surface area contributed by atoms with Crippen molar-refractivity contribution in [3.05, 3.63) is 83.3 Å². The van der Waals surface area contributed by atoms with Crippen LogP contribution in [0.5, 0.6) is 5.88 Å². The Morgan fingerprint density at radius 3 is 2.33 bits per heavy atom. The average molecular weight is 690 g/mol. The van der Waals surface area contributed by atoms with Gasteiger partial charge in [0.15, 0.2) is 5.54 Å². The van der Waals surface area contributed by atoms with Gasteiger partial charge in [-0.1, -0.05) is 0 Å². The van der Waals surface area contributed by atoms with Crippen molar-refractivity contribution in [2.45, 2.75) is 35.4 Å². The number of urea groups is 1. The molecule has 3 amide bonds. The molecule has 49 heavy (non-hydrogen) atoms. The Hall–Kier alpha value is -4.62. The van der Waals surface area contributed by atoms with Gasteiger partial charge in [-0.25, -0.2) is 22.6 Å². The SMILES string of the molecule is COc1ncccc1[C@]1(NC(=O)N2CCN(C3CCN(C4COC4)CC3)CC2)C(=O)N(S(=O)(=O)c2ccc(F)cc2)c2ccc(C#N)cc21. The van der Waals surface area contributed by atoms with E-state index in [1.165, 1.54) is 37.6 Å². The Balaban J connectivity index is 1.21.